The molecule has 1 aliphatic heterocycles. The van der Waals surface area contributed by atoms with E-state index in [1.165, 1.54) is 6.92 Å². The van der Waals surface area contributed by atoms with Crippen molar-refractivity contribution in [1.29, 1.82) is 0 Å². The summed E-state index contributed by atoms with van der Waals surface area (Å²) in [5.74, 6) is -2.33. The number of nitro groups is 2. The summed E-state index contributed by atoms with van der Waals surface area (Å²) >= 11 is 0. The van der Waals surface area contributed by atoms with Crippen LogP contribution in [0, 0.1) is 20.2 Å². The molecule has 2 aromatic rings. The summed E-state index contributed by atoms with van der Waals surface area (Å²) in [6.07, 6.45) is 0. The molecule has 168 valence electrons. The van der Waals surface area contributed by atoms with Gasteiger partial charge < -0.3 is 9.84 Å². The normalized spacial score (nSPS) is 14.2. The number of amidine groups is 1. The second-order valence-corrected chi connectivity index (χ2v) is 6.68. The maximum Gasteiger partial charge on any atom is 0.343 e. The van der Waals surface area contributed by atoms with Gasteiger partial charge >= 0.3 is 5.97 Å². The highest BCUT2D eigenvalue weighted by molar-refractivity contribution is 6.36. The lowest BCUT2D eigenvalue weighted by Gasteiger charge is -2.08. The molecule has 0 atom stereocenters. The van der Waals surface area contributed by atoms with Gasteiger partial charge in [-0.25, -0.2) is 9.79 Å². The Morgan fingerprint density at radius 3 is 2.15 bits per heavy atom. The molecule has 1 N–H and O–H groups in total. The Balaban J connectivity index is 2.13. The van der Waals surface area contributed by atoms with E-state index < -0.39 is 33.1 Å². The standard InChI is InChI=1S/C21H16N4O8/c1-3-33-21(28)17(11(2)26)18-15-6-4-5-7-16(15)19(22-18)23-20(27)12-8-13(24(29)30)10-14(9-12)25(31)32/h4-10,26H,3H2,1-2H3/b17-11+,23-19?. The number of hydrogen-bond donors (Lipinski definition) is 1. The Hall–Kier alpha value is -4.74. The summed E-state index contributed by atoms with van der Waals surface area (Å²) in [7, 11) is 0. The zero-order valence-electron chi connectivity index (χ0n) is 17.3. The maximum absolute atomic E-state index is 12.8. The van der Waals surface area contributed by atoms with Crippen molar-refractivity contribution >= 4 is 34.8 Å². The Morgan fingerprint density at radius 2 is 1.64 bits per heavy atom. The number of amides is 1. The maximum atomic E-state index is 12.8. The molecule has 12 heteroatoms. The third-order valence-corrected chi connectivity index (χ3v) is 4.50. The van der Waals surface area contributed by atoms with E-state index in [0.717, 1.165) is 18.2 Å². The number of carbonyl (C=O) groups is 2. The largest absolute Gasteiger partial charge is 0.512 e. The molecule has 0 radical (unpaired) electrons. The van der Waals surface area contributed by atoms with Crippen LogP contribution in [0.2, 0.25) is 0 Å². The van der Waals surface area contributed by atoms with E-state index >= 15 is 0 Å². The Labute approximate surface area is 185 Å². The number of aliphatic imine (C=N–C) groups is 2. The number of nitrogens with zero attached hydrogens (tertiary/aromatic N) is 4. The minimum Gasteiger partial charge on any atom is -0.512 e. The predicted octanol–water partition coefficient (Wildman–Crippen LogP) is 3.29. The van der Waals surface area contributed by atoms with Gasteiger partial charge in [0.1, 0.15) is 11.3 Å². The van der Waals surface area contributed by atoms with Crippen molar-refractivity contribution in [2.24, 2.45) is 9.98 Å². The SMILES string of the molecule is CCOC(=O)/C(C1=NC(=NC(=O)c2cc([N+](=O)[O-])cc([N+](=O)[O-])c2)c2ccccc21)=C(\C)O. The molecular formula is C21H16N4O8. The molecule has 12 nitrogen and oxygen atoms in total. The van der Waals surface area contributed by atoms with E-state index in [1.54, 1.807) is 31.2 Å². The van der Waals surface area contributed by atoms with E-state index in [0.29, 0.717) is 11.1 Å². The molecule has 0 saturated heterocycles. The van der Waals surface area contributed by atoms with Gasteiger partial charge in [0.15, 0.2) is 5.84 Å². The number of fused-ring (bicyclic) bond motifs is 1. The number of allylic oxidation sites excluding steroid dienone is 1. The molecule has 1 aliphatic rings. The average Bonchev–Trinajstić information content (AvgIpc) is 3.11. The number of ether oxygens (including phenoxy) is 1. The van der Waals surface area contributed by atoms with Crippen molar-refractivity contribution in [3.63, 3.8) is 0 Å². The van der Waals surface area contributed by atoms with E-state index in [-0.39, 0.29) is 35.0 Å². The first-order valence-electron chi connectivity index (χ1n) is 9.46. The quantitative estimate of drug-likeness (QED) is 0.228. The van der Waals surface area contributed by atoms with Crippen LogP contribution in [0.25, 0.3) is 0 Å². The number of hydrogen-bond acceptors (Lipinski definition) is 8. The summed E-state index contributed by atoms with van der Waals surface area (Å²) in [6.45, 7) is 2.92. The molecule has 0 unspecified atom stereocenters. The molecule has 3 rings (SSSR count). The second kappa shape index (κ2) is 9.18. The first-order valence-corrected chi connectivity index (χ1v) is 9.46. The average molecular weight is 452 g/mol. The molecule has 1 heterocycles. The summed E-state index contributed by atoms with van der Waals surface area (Å²) in [5, 5.41) is 32.3. The fourth-order valence-corrected chi connectivity index (χ4v) is 3.10. The van der Waals surface area contributed by atoms with Gasteiger partial charge in [0, 0.05) is 23.3 Å². The lowest BCUT2D eigenvalue weighted by molar-refractivity contribution is -0.394. The van der Waals surface area contributed by atoms with Crippen molar-refractivity contribution in [3.8, 4) is 0 Å². The van der Waals surface area contributed by atoms with Crippen LogP contribution in [0.15, 0.2) is 63.8 Å². The predicted molar refractivity (Wildman–Crippen MR) is 116 cm³/mol. The zero-order chi connectivity index (χ0) is 24.3. The highest BCUT2D eigenvalue weighted by Crippen LogP contribution is 2.27. The number of aliphatic hydroxyl groups is 1. The summed E-state index contributed by atoms with van der Waals surface area (Å²) in [6, 6.07) is 8.92. The first-order chi connectivity index (χ1) is 15.6. The van der Waals surface area contributed by atoms with Crippen molar-refractivity contribution in [2.45, 2.75) is 13.8 Å². The molecule has 33 heavy (non-hydrogen) atoms. The number of esters is 1. The van der Waals surface area contributed by atoms with Crippen LogP contribution >= 0.6 is 0 Å². The minimum atomic E-state index is -1.01. The van der Waals surface area contributed by atoms with Crippen LogP contribution in [0.5, 0.6) is 0 Å². The van der Waals surface area contributed by atoms with Gasteiger partial charge in [0.25, 0.3) is 17.3 Å². The second-order valence-electron chi connectivity index (χ2n) is 6.68. The monoisotopic (exact) mass is 452 g/mol. The molecule has 0 spiro atoms. The molecule has 0 aliphatic carbocycles. The zero-order valence-corrected chi connectivity index (χ0v) is 17.3. The molecule has 0 aromatic heterocycles. The van der Waals surface area contributed by atoms with Crippen LogP contribution < -0.4 is 0 Å². The van der Waals surface area contributed by atoms with Gasteiger partial charge in [-0.2, -0.15) is 4.99 Å². The lowest BCUT2D eigenvalue weighted by atomic mass is 9.99. The smallest absolute Gasteiger partial charge is 0.343 e. The third kappa shape index (κ3) is 4.63. The number of rotatable bonds is 6. The molecule has 2 aromatic carbocycles. The highest BCUT2D eigenvalue weighted by Gasteiger charge is 2.31. The molecule has 0 saturated carbocycles. The third-order valence-electron chi connectivity index (χ3n) is 4.50. The molecule has 0 bridgehead atoms. The van der Waals surface area contributed by atoms with Crippen molar-refractivity contribution in [3.05, 3.63) is 90.7 Å². The van der Waals surface area contributed by atoms with Crippen LogP contribution in [0.1, 0.15) is 35.3 Å². The van der Waals surface area contributed by atoms with Gasteiger partial charge in [-0.3, -0.25) is 25.0 Å². The van der Waals surface area contributed by atoms with Crippen molar-refractivity contribution < 1.29 is 29.3 Å². The van der Waals surface area contributed by atoms with Crippen molar-refractivity contribution in [2.75, 3.05) is 6.61 Å². The van der Waals surface area contributed by atoms with Crippen LogP contribution in [-0.4, -0.2) is 45.0 Å². The van der Waals surface area contributed by atoms with E-state index in [1.807, 2.05) is 0 Å². The van der Waals surface area contributed by atoms with Gasteiger partial charge in [-0.05, 0) is 13.8 Å². The Kier molecular flexibility index (Phi) is 6.38. The van der Waals surface area contributed by atoms with Gasteiger partial charge in [0.05, 0.1) is 33.8 Å². The number of non-ortho nitro benzene ring substituents is 2. The summed E-state index contributed by atoms with van der Waals surface area (Å²) in [5.41, 5.74) is -1.12. The fourth-order valence-electron chi connectivity index (χ4n) is 3.10. The van der Waals surface area contributed by atoms with Crippen LogP contribution in [-0.2, 0) is 9.53 Å². The van der Waals surface area contributed by atoms with E-state index in [4.69, 9.17) is 4.74 Å². The molecule has 0 fully saturated rings. The van der Waals surface area contributed by atoms with Gasteiger partial charge in [0.2, 0.25) is 0 Å². The highest BCUT2D eigenvalue weighted by atomic mass is 16.6. The first kappa shape index (κ1) is 22.9. The van der Waals surface area contributed by atoms with E-state index in [2.05, 4.69) is 9.98 Å². The minimum absolute atomic E-state index is 0.0284. The summed E-state index contributed by atoms with van der Waals surface area (Å²) < 4.78 is 4.98. The van der Waals surface area contributed by atoms with Crippen LogP contribution in [0.3, 0.4) is 0 Å². The Morgan fingerprint density at radius 1 is 1.06 bits per heavy atom. The Bertz CT molecular complexity index is 1260. The topological polar surface area (TPSA) is 175 Å². The summed E-state index contributed by atoms with van der Waals surface area (Å²) in [4.78, 5) is 53.7. The lowest BCUT2D eigenvalue weighted by Crippen LogP contribution is -2.18. The van der Waals surface area contributed by atoms with E-state index in [9.17, 15) is 34.9 Å². The van der Waals surface area contributed by atoms with Crippen molar-refractivity contribution in [1.82, 2.24) is 0 Å². The van der Waals surface area contributed by atoms with Gasteiger partial charge in [-0.1, -0.05) is 24.3 Å². The molecule has 1 amide bonds. The van der Waals surface area contributed by atoms with Crippen LogP contribution in [0.4, 0.5) is 11.4 Å². The molecular weight excluding hydrogens is 436 g/mol. The number of nitro benzene ring substituents is 2. The number of carbonyl (C=O) groups excluding carboxylic acids is 2. The van der Waals surface area contributed by atoms with Gasteiger partial charge in [-0.15, -0.1) is 0 Å². The fraction of sp³-hybridized carbons (Fsp3) is 0.143. The number of aliphatic hydroxyl groups excluding tert-OH is 1. The number of benzene rings is 2.